The van der Waals surface area contributed by atoms with Gasteiger partial charge in [0, 0.05) is 9.77 Å². The minimum atomic E-state index is -0.532. The second-order valence-electron chi connectivity index (χ2n) is 1.93. The molecule has 56 valence electrons. The van der Waals surface area contributed by atoms with Crippen molar-refractivity contribution >= 4 is 22.6 Å². The maximum atomic E-state index is 12.4. The minimum Gasteiger partial charge on any atom is -0.227 e. The van der Waals surface area contributed by atoms with Crippen LogP contribution in [0.3, 0.4) is 0 Å². The van der Waals surface area contributed by atoms with Gasteiger partial charge >= 0.3 is 0 Å². The van der Waals surface area contributed by atoms with E-state index in [1.807, 2.05) is 28.7 Å². The van der Waals surface area contributed by atoms with Crippen LogP contribution >= 0.6 is 22.6 Å². The summed E-state index contributed by atoms with van der Waals surface area (Å²) >= 11 is 2.02. The predicted molar refractivity (Wildman–Crippen MR) is 46.2 cm³/mol. The predicted octanol–water partition coefficient (Wildman–Crippen LogP) is 1.89. The lowest BCUT2D eigenvalue weighted by Crippen LogP contribution is -1.91. The van der Waals surface area contributed by atoms with Crippen LogP contribution in [0.4, 0.5) is 4.39 Å². The van der Waals surface area contributed by atoms with E-state index < -0.39 is 5.95 Å². The average Bonchev–Trinajstić information content (AvgIpc) is 1.98. The summed E-state index contributed by atoms with van der Waals surface area (Å²) < 4.78 is 13.3. The van der Waals surface area contributed by atoms with Crippen LogP contribution in [0.1, 0.15) is 5.56 Å². The summed E-state index contributed by atoms with van der Waals surface area (Å²) in [7, 11) is 0. The third-order valence-electron chi connectivity index (χ3n) is 1.17. The first-order valence-corrected chi connectivity index (χ1v) is 3.99. The molecule has 0 radical (unpaired) electrons. The second-order valence-corrected chi connectivity index (χ2v) is 3.10. The molecule has 0 saturated heterocycles. The summed E-state index contributed by atoms with van der Waals surface area (Å²) in [6, 6.07) is 3.24. The van der Waals surface area contributed by atoms with Crippen LogP contribution < -0.4 is 0 Å². The van der Waals surface area contributed by atoms with Crippen molar-refractivity contribution in [1.29, 1.82) is 5.26 Å². The van der Waals surface area contributed by atoms with Crippen LogP contribution in [0, 0.1) is 20.8 Å². The van der Waals surface area contributed by atoms with Gasteiger partial charge in [-0.15, -0.1) is 0 Å². The standard InChI is InChI=1S/C7H4FIN2/c8-7-3-5(1-2-10)6(9)4-11-7/h3-4H,1H2. The molecule has 0 aliphatic heterocycles. The van der Waals surface area contributed by atoms with E-state index in [9.17, 15) is 4.39 Å². The Hall–Kier alpha value is -0.700. The smallest absolute Gasteiger partial charge is 0.213 e. The van der Waals surface area contributed by atoms with Crippen LogP contribution in [0.15, 0.2) is 12.3 Å². The highest BCUT2D eigenvalue weighted by Gasteiger charge is 2.00. The highest BCUT2D eigenvalue weighted by molar-refractivity contribution is 14.1. The van der Waals surface area contributed by atoms with Gasteiger partial charge in [-0.3, -0.25) is 0 Å². The van der Waals surface area contributed by atoms with Gasteiger partial charge < -0.3 is 0 Å². The van der Waals surface area contributed by atoms with Crippen molar-refractivity contribution in [2.45, 2.75) is 6.42 Å². The maximum Gasteiger partial charge on any atom is 0.213 e. The zero-order valence-corrected chi connectivity index (χ0v) is 7.67. The van der Waals surface area contributed by atoms with Crippen molar-refractivity contribution in [1.82, 2.24) is 4.98 Å². The molecule has 1 aromatic rings. The van der Waals surface area contributed by atoms with Gasteiger partial charge in [-0.05, 0) is 34.2 Å². The number of nitriles is 1. The number of rotatable bonds is 1. The van der Waals surface area contributed by atoms with Crippen LogP contribution in [0.5, 0.6) is 0 Å². The lowest BCUT2D eigenvalue weighted by Gasteiger charge is -1.96. The van der Waals surface area contributed by atoms with E-state index in [2.05, 4.69) is 4.98 Å². The van der Waals surface area contributed by atoms with Crippen molar-refractivity contribution in [2.75, 3.05) is 0 Å². The first-order chi connectivity index (χ1) is 5.24. The van der Waals surface area contributed by atoms with Crippen LogP contribution in [-0.2, 0) is 6.42 Å². The number of nitrogens with zero attached hydrogens (tertiary/aromatic N) is 2. The molecule has 0 spiro atoms. The molecule has 0 bridgehead atoms. The molecule has 0 saturated carbocycles. The van der Waals surface area contributed by atoms with Crippen LogP contribution in [0.2, 0.25) is 0 Å². The molecule has 4 heteroatoms. The summed E-state index contributed by atoms with van der Waals surface area (Å²) in [5.41, 5.74) is 0.695. The zero-order valence-electron chi connectivity index (χ0n) is 5.51. The van der Waals surface area contributed by atoms with Gasteiger partial charge in [-0.2, -0.15) is 9.65 Å². The lowest BCUT2D eigenvalue weighted by molar-refractivity contribution is 0.581. The minimum absolute atomic E-state index is 0.234. The third-order valence-corrected chi connectivity index (χ3v) is 2.14. The molecule has 1 heterocycles. The highest BCUT2D eigenvalue weighted by Crippen LogP contribution is 2.11. The van der Waals surface area contributed by atoms with E-state index in [4.69, 9.17) is 5.26 Å². The number of aromatic nitrogens is 1. The van der Waals surface area contributed by atoms with E-state index in [1.165, 1.54) is 12.3 Å². The lowest BCUT2D eigenvalue weighted by atomic mass is 10.2. The van der Waals surface area contributed by atoms with Crippen LogP contribution in [0.25, 0.3) is 0 Å². The Balaban J connectivity index is 3.05. The summed E-state index contributed by atoms with van der Waals surface area (Å²) in [4.78, 5) is 3.44. The average molecular weight is 262 g/mol. The maximum absolute atomic E-state index is 12.4. The highest BCUT2D eigenvalue weighted by atomic mass is 127. The summed E-state index contributed by atoms with van der Waals surface area (Å²) in [5, 5.41) is 8.34. The molecule has 1 aromatic heterocycles. The van der Waals surface area contributed by atoms with Gasteiger partial charge in [-0.1, -0.05) is 0 Å². The molecular formula is C7H4FIN2. The Morgan fingerprint density at radius 3 is 3.09 bits per heavy atom. The Labute approximate surface area is 77.2 Å². The molecule has 0 aliphatic rings. The fourth-order valence-corrected chi connectivity index (χ4v) is 1.16. The Morgan fingerprint density at radius 1 is 1.73 bits per heavy atom. The molecule has 0 aromatic carbocycles. The molecule has 0 atom stereocenters. The van der Waals surface area contributed by atoms with Gasteiger partial charge in [0.15, 0.2) is 0 Å². The van der Waals surface area contributed by atoms with Crippen molar-refractivity contribution < 1.29 is 4.39 Å². The first kappa shape index (κ1) is 8.40. The number of hydrogen-bond donors (Lipinski definition) is 0. The first-order valence-electron chi connectivity index (χ1n) is 2.91. The Morgan fingerprint density at radius 2 is 2.45 bits per heavy atom. The van der Waals surface area contributed by atoms with E-state index in [0.717, 1.165) is 3.57 Å². The Kier molecular flexibility index (Phi) is 2.76. The number of hydrogen-bond acceptors (Lipinski definition) is 2. The normalized spacial score (nSPS) is 9.18. The fraction of sp³-hybridized carbons (Fsp3) is 0.143. The molecule has 0 unspecified atom stereocenters. The van der Waals surface area contributed by atoms with Gasteiger partial charge in [-0.25, -0.2) is 4.98 Å². The van der Waals surface area contributed by atoms with Crippen molar-refractivity contribution in [3.63, 3.8) is 0 Å². The largest absolute Gasteiger partial charge is 0.227 e. The van der Waals surface area contributed by atoms with E-state index >= 15 is 0 Å². The van der Waals surface area contributed by atoms with E-state index in [1.54, 1.807) is 0 Å². The number of halogens is 2. The SMILES string of the molecule is N#CCc1cc(F)ncc1I. The molecule has 0 fully saturated rings. The van der Waals surface area contributed by atoms with Crippen molar-refractivity contribution in [2.24, 2.45) is 0 Å². The van der Waals surface area contributed by atoms with Gasteiger partial charge in [0.25, 0.3) is 0 Å². The summed E-state index contributed by atoms with van der Waals surface area (Å²) in [6.07, 6.45) is 1.65. The summed E-state index contributed by atoms with van der Waals surface area (Å²) in [5.74, 6) is -0.532. The molecule has 2 nitrogen and oxygen atoms in total. The second kappa shape index (κ2) is 3.62. The van der Waals surface area contributed by atoms with E-state index in [0.29, 0.717) is 5.56 Å². The molecule has 0 amide bonds. The molecule has 1 rings (SSSR count). The van der Waals surface area contributed by atoms with Crippen LogP contribution in [-0.4, -0.2) is 4.98 Å². The molecular weight excluding hydrogens is 258 g/mol. The molecule has 0 N–H and O–H groups in total. The zero-order chi connectivity index (χ0) is 8.27. The number of pyridine rings is 1. The fourth-order valence-electron chi connectivity index (χ4n) is 0.672. The Bertz CT molecular complexity index is 306. The van der Waals surface area contributed by atoms with Gasteiger partial charge in [0.05, 0.1) is 12.5 Å². The van der Waals surface area contributed by atoms with E-state index in [-0.39, 0.29) is 6.42 Å². The topological polar surface area (TPSA) is 36.7 Å². The molecule has 11 heavy (non-hydrogen) atoms. The third kappa shape index (κ3) is 2.12. The quantitative estimate of drug-likeness (QED) is 0.572. The van der Waals surface area contributed by atoms with Crippen molar-refractivity contribution in [3.8, 4) is 6.07 Å². The summed E-state index contributed by atoms with van der Waals surface area (Å²) in [6.45, 7) is 0. The van der Waals surface area contributed by atoms with Crippen molar-refractivity contribution in [3.05, 3.63) is 27.3 Å². The molecule has 0 aliphatic carbocycles. The van der Waals surface area contributed by atoms with Gasteiger partial charge in [0.2, 0.25) is 5.95 Å². The monoisotopic (exact) mass is 262 g/mol. The van der Waals surface area contributed by atoms with Gasteiger partial charge in [0.1, 0.15) is 0 Å².